The van der Waals surface area contributed by atoms with Crippen LogP contribution in [0.5, 0.6) is 0 Å². The molecule has 0 bridgehead atoms. The third-order valence-electron chi connectivity index (χ3n) is 4.15. The van der Waals surface area contributed by atoms with Crippen LogP contribution in [0, 0.1) is 0 Å². The molecule has 132 valence electrons. The van der Waals surface area contributed by atoms with Crippen LogP contribution >= 0.6 is 0 Å². The third-order valence-corrected chi connectivity index (χ3v) is 4.15. The van der Waals surface area contributed by atoms with E-state index in [-0.39, 0.29) is 12.5 Å². The van der Waals surface area contributed by atoms with Crippen molar-refractivity contribution in [3.05, 3.63) is 102 Å². The minimum atomic E-state index is -0.464. The zero-order chi connectivity index (χ0) is 18.2. The zero-order valence-electron chi connectivity index (χ0n) is 14.4. The monoisotopic (exact) mass is 346 g/mol. The van der Waals surface area contributed by atoms with Gasteiger partial charge in [0.2, 0.25) is 5.91 Å². The molecule has 0 radical (unpaired) electrons. The summed E-state index contributed by atoms with van der Waals surface area (Å²) >= 11 is 0. The molecule has 1 unspecified atom stereocenters. The van der Waals surface area contributed by atoms with Crippen LogP contribution in [0.2, 0.25) is 0 Å². The van der Waals surface area contributed by atoms with E-state index in [9.17, 15) is 4.79 Å². The van der Waals surface area contributed by atoms with Crippen LogP contribution in [0.4, 0.5) is 5.69 Å². The van der Waals surface area contributed by atoms with Gasteiger partial charge in [0, 0.05) is 12.2 Å². The van der Waals surface area contributed by atoms with Crippen molar-refractivity contribution in [3.63, 3.8) is 0 Å². The number of amides is 1. The van der Waals surface area contributed by atoms with Gasteiger partial charge in [-0.05, 0) is 28.8 Å². The summed E-state index contributed by atoms with van der Waals surface area (Å²) in [6.45, 7) is 0.577. The molecule has 1 atom stereocenters. The standard InChI is InChI=1S/C22H22N2O2/c25-16-18-13-11-17(12-14-18)15-23-21(19-7-3-1-4-8-19)22(26)24-20-9-5-2-6-10-20/h1-14,21,23,25H,15-16H2,(H,24,26). The lowest BCUT2D eigenvalue weighted by atomic mass is 10.0. The Labute approximate surface area is 153 Å². The van der Waals surface area contributed by atoms with Gasteiger partial charge >= 0.3 is 0 Å². The first-order chi connectivity index (χ1) is 12.8. The average Bonchev–Trinajstić information content (AvgIpc) is 2.70. The molecule has 3 aromatic rings. The zero-order valence-corrected chi connectivity index (χ0v) is 14.4. The van der Waals surface area contributed by atoms with E-state index in [1.54, 1.807) is 0 Å². The molecule has 4 nitrogen and oxygen atoms in total. The Hall–Kier alpha value is -2.95. The number of aliphatic hydroxyl groups is 1. The van der Waals surface area contributed by atoms with Crippen molar-refractivity contribution in [1.82, 2.24) is 5.32 Å². The number of hydrogen-bond donors (Lipinski definition) is 3. The maximum atomic E-state index is 12.8. The number of rotatable bonds is 7. The van der Waals surface area contributed by atoms with Crippen LogP contribution in [0.3, 0.4) is 0 Å². The molecular weight excluding hydrogens is 324 g/mol. The lowest BCUT2D eigenvalue weighted by Crippen LogP contribution is -2.32. The van der Waals surface area contributed by atoms with E-state index in [1.165, 1.54) is 0 Å². The van der Waals surface area contributed by atoms with Crippen LogP contribution in [-0.4, -0.2) is 11.0 Å². The fourth-order valence-corrected chi connectivity index (χ4v) is 2.73. The summed E-state index contributed by atoms with van der Waals surface area (Å²) in [4.78, 5) is 12.8. The van der Waals surface area contributed by atoms with Crippen molar-refractivity contribution in [1.29, 1.82) is 0 Å². The Balaban J connectivity index is 1.73. The van der Waals surface area contributed by atoms with Crippen LogP contribution in [0.25, 0.3) is 0 Å². The second-order valence-electron chi connectivity index (χ2n) is 6.05. The third kappa shape index (κ3) is 4.79. The molecule has 0 saturated heterocycles. The van der Waals surface area contributed by atoms with Crippen molar-refractivity contribution in [2.75, 3.05) is 5.32 Å². The molecule has 3 aromatic carbocycles. The first-order valence-electron chi connectivity index (χ1n) is 8.59. The van der Waals surface area contributed by atoms with Crippen LogP contribution in [0.1, 0.15) is 22.7 Å². The predicted molar refractivity (Wildman–Crippen MR) is 103 cm³/mol. The summed E-state index contributed by atoms with van der Waals surface area (Å²) < 4.78 is 0. The quantitative estimate of drug-likeness (QED) is 0.612. The Kier molecular flexibility index (Phi) is 6.14. The molecule has 0 heterocycles. The Bertz CT molecular complexity index is 818. The molecule has 3 rings (SSSR count). The van der Waals surface area contributed by atoms with Crippen LogP contribution in [0.15, 0.2) is 84.9 Å². The summed E-state index contributed by atoms with van der Waals surface area (Å²) in [7, 11) is 0. The molecule has 0 aliphatic carbocycles. The molecule has 0 saturated carbocycles. The number of para-hydroxylation sites is 1. The molecular formula is C22H22N2O2. The Morgan fingerprint density at radius 3 is 2.00 bits per heavy atom. The molecule has 3 N–H and O–H groups in total. The number of anilines is 1. The van der Waals surface area contributed by atoms with E-state index in [1.807, 2.05) is 84.9 Å². The summed E-state index contributed by atoms with van der Waals surface area (Å²) in [5.74, 6) is -0.102. The molecule has 4 heteroatoms. The Morgan fingerprint density at radius 1 is 0.808 bits per heavy atom. The van der Waals surface area contributed by atoms with Gasteiger partial charge in [-0.15, -0.1) is 0 Å². The number of benzene rings is 3. The van der Waals surface area contributed by atoms with E-state index >= 15 is 0 Å². The van der Waals surface area contributed by atoms with Gasteiger partial charge in [0.1, 0.15) is 6.04 Å². The van der Waals surface area contributed by atoms with Gasteiger partial charge in [-0.1, -0.05) is 72.8 Å². The predicted octanol–water partition coefficient (Wildman–Crippen LogP) is 3.65. The fourth-order valence-electron chi connectivity index (χ4n) is 2.73. The second-order valence-corrected chi connectivity index (χ2v) is 6.05. The summed E-state index contributed by atoms with van der Waals surface area (Å²) in [6, 6.07) is 26.3. The van der Waals surface area contributed by atoms with E-state index in [0.29, 0.717) is 6.54 Å². The smallest absolute Gasteiger partial charge is 0.246 e. The number of nitrogens with one attached hydrogen (secondary N) is 2. The van der Waals surface area contributed by atoms with Crippen molar-refractivity contribution >= 4 is 11.6 Å². The van der Waals surface area contributed by atoms with Crippen molar-refractivity contribution in [3.8, 4) is 0 Å². The average molecular weight is 346 g/mol. The largest absolute Gasteiger partial charge is 0.392 e. The van der Waals surface area contributed by atoms with Gasteiger partial charge in [0.15, 0.2) is 0 Å². The molecule has 26 heavy (non-hydrogen) atoms. The summed E-state index contributed by atoms with van der Waals surface area (Å²) in [5.41, 5.74) is 3.60. The minimum Gasteiger partial charge on any atom is -0.392 e. The van der Waals surface area contributed by atoms with Gasteiger partial charge in [0.05, 0.1) is 6.61 Å². The van der Waals surface area contributed by atoms with Crippen LogP contribution in [-0.2, 0) is 17.9 Å². The van der Waals surface area contributed by atoms with Crippen LogP contribution < -0.4 is 10.6 Å². The lowest BCUT2D eigenvalue weighted by molar-refractivity contribution is -0.118. The summed E-state index contributed by atoms with van der Waals surface area (Å²) in [5, 5.41) is 15.4. The molecule has 0 spiro atoms. The maximum Gasteiger partial charge on any atom is 0.246 e. The Morgan fingerprint density at radius 2 is 1.38 bits per heavy atom. The van der Waals surface area contributed by atoms with Gasteiger partial charge in [-0.2, -0.15) is 0 Å². The van der Waals surface area contributed by atoms with Gasteiger partial charge in [-0.25, -0.2) is 0 Å². The van der Waals surface area contributed by atoms with E-state index in [2.05, 4.69) is 10.6 Å². The minimum absolute atomic E-state index is 0.0276. The highest BCUT2D eigenvalue weighted by molar-refractivity contribution is 5.95. The number of aliphatic hydroxyl groups excluding tert-OH is 1. The van der Waals surface area contributed by atoms with E-state index < -0.39 is 6.04 Å². The van der Waals surface area contributed by atoms with Crippen molar-refractivity contribution < 1.29 is 9.90 Å². The molecule has 0 aromatic heterocycles. The molecule has 0 aliphatic rings. The number of carbonyl (C=O) groups is 1. The normalized spacial score (nSPS) is 11.7. The number of carbonyl (C=O) groups excluding carboxylic acids is 1. The van der Waals surface area contributed by atoms with Gasteiger partial charge < -0.3 is 10.4 Å². The van der Waals surface area contributed by atoms with Gasteiger partial charge in [0.25, 0.3) is 0 Å². The SMILES string of the molecule is O=C(Nc1ccccc1)C(NCc1ccc(CO)cc1)c1ccccc1. The maximum absolute atomic E-state index is 12.8. The molecule has 0 fully saturated rings. The highest BCUT2D eigenvalue weighted by Gasteiger charge is 2.20. The lowest BCUT2D eigenvalue weighted by Gasteiger charge is -2.19. The van der Waals surface area contributed by atoms with Gasteiger partial charge in [-0.3, -0.25) is 10.1 Å². The molecule has 1 amide bonds. The number of hydrogen-bond acceptors (Lipinski definition) is 3. The van der Waals surface area contributed by atoms with Crippen molar-refractivity contribution in [2.24, 2.45) is 0 Å². The topological polar surface area (TPSA) is 61.4 Å². The highest BCUT2D eigenvalue weighted by atomic mass is 16.3. The fraction of sp³-hybridized carbons (Fsp3) is 0.136. The highest BCUT2D eigenvalue weighted by Crippen LogP contribution is 2.17. The second kappa shape index (κ2) is 8.94. The first kappa shape index (κ1) is 17.9. The van der Waals surface area contributed by atoms with E-state index in [0.717, 1.165) is 22.4 Å². The first-order valence-corrected chi connectivity index (χ1v) is 8.59. The summed E-state index contributed by atoms with van der Waals surface area (Å²) in [6.07, 6.45) is 0. The van der Waals surface area contributed by atoms with Crippen molar-refractivity contribution in [2.45, 2.75) is 19.2 Å². The van der Waals surface area contributed by atoms with E-state index in [4.69, 9.17) is 5.11 Å². The molecule has 0 aliphatic heterocycles.